The van der Waals surface area contributed by atoms with E-state index in [1.165, 1.54) is 12.4 Å². The molecule has 0 bridgehead atoms. The molecule has 0 saturated carbocycles. The van der Waals surface area contributed by atoms with Crippen LogP contribution in [0.15, 0.2) is 46.8 Å². The first-order chi connectivity index (χ1) is 13.0. The summed E-state index contributed by atoms with van der Waals surface area (Å²) >= 11 is 0. The number of imidazole rings is 1. The van der Waals surface area contributed by atoms with Crippen LogP contribution < -0.4 is 26.6 Å². The molecule has 0 aliphatic heterocycles. The van der Waals surface area contributed by atoms with E-state index in [0.29, 0.717) is 23.7 Å². The van der Waals surface area contributed by atoms with Crippen LogP contribution in [0.1, 0.15) is 30.8 Å². The SMILES string of the molecule is C=C(C)c1[nH]cnc1/C=c1\[nH]c(=O)/c(=C/c2cccc(OCC)c2)[nH]c1=O. The van der Waals surface area contributed by atoms with Gasteiger partial charge in [-0.2, -0.15) is 0 Å². The molecule has 3 rings (SSSR count). The molecule has 1 aromatic carbocycles. The lowest BCUT2D eigenvalue weighted by Crippen LogP contribution is -2.46. The smallest absolute Gasteiger partial charge is 0.272 e. The summed E-state index contributed by atoms with van der Waals surface area (Å²) in [5, 5.41) is 0.280. The lowest BCUT2D eigenvalue weighted by molar-refractivity contribution is 0.340. The molecule has 0 aliphatic rings. The molecular formula is C20H20N4O3. The van der Waals surface area contributed by atoms with Gasteiger partial charge >= 0.3 is 0 Å². The standard InChI is InChI=1S/C20H20N4O3/c1-4-27-14-7-5-6-13(8-14)9-16-19(25)24-17(20(26)23-16)10-15-18(12(2)3)22-11-21-15/h5-11H,2,4H2,1,3H3,(H,21,22)(H,23,26)(H,24,25)/b16-9-,17-10-. The highest BCUT2D eigenvalue weighted by molar-refractivity contribution is 5.66. The van der Waals surface area contributed by atoms with Gasteiger partial charge in [0.15, 0.2) is 0 Å². The third-order valence-electron chi connectivity index (χ3n) is 3.84. The zero-order valence-electron chi connectivity index (χ0n) is 15.1. The summed E-state index contributed by atoms with van der Waals surface area (Å²) in [6, 6.07) is 7.27. The predicted molar refractivity (Wildman–Crippen MR) is 105 cm³/mol. The van der Waals surface area contributed by atoms with Gasteiger partial charge in [0.1, 0.15) is 16.4 Å². The van der Waals surface area contributed by atoms with E-state index in [9.17, 15) is 9.59 Å². The van der Waals surface area contributed by atoms with Gasteiger partial charge in [-0.05, 0) is 49.3 Å². The first kappa shape index (κ1) is 18.2. The lowest BCUT2D eigenvalue weighted by atomic mass is 10.2. The van der Waals surface area contributed by atoms with Gasteiger partial charge in [-0.25, -0.2) is 4.98 Å². The van der Waals surface area contributed by atoms with E-state index in [2.05, 4.69) is 26.5 Å². The molecule has 2 aromatic heterocycles. The number of allylic oxidation sites excluding steroid dienone is 1. The fourth-order valence-corrected chi connectivity index (χ4v) is 2.62. The quantitative estimate of drug-likeness (QED) is 0.625. The molecule has 0 spiro atoms. The number of benzene rings is 1. The summed E-state index contributed by atoms with van der Waals surface area (Å²) in [5.41, 5.74) is 1.93. The van der Waals surface area contributed by atoms with Gasteiger partial charge in [-0.3, -0.25) is 9.59 Å². The highest BCUT2D eigenvalue weighted by atomic mass is 16.5. The second-order valence-corrected chi connectivity index (χ2v) is 5.97. The molecule has 3 N–H and O–H groups in total. The predicted octanol–water partition coefficient (Wildman–Crippen LogP) is 0.876. The molecule has 138 valence electrons. The Hall–Kier alpha value is -3.61. The van der Waals surface area contributed by atoms with Crippen molar-refractivity contribution in [3.05, 3.63) is 85.5 Å². The van der Waals surface area contributed by atoms with Crippen LogP contribution in [-0.4, -0.2) is 26.5 Å². The molecule has 0 unspecified atom stereocenters. The lowest BCUT2D eigenvalue weighted by Gasteiger charge is -2.02. The molecule has 3 aromatic rings. The third kappa shape index (κ3) is 4.14. The summed E-state index contributed by atoms with van der Waals surface area (Å²) < 4.78 is 5.45. The van der Waals surface area contributed by atoms with Crippen LogP contribution in [0, 0.1) is 0 Å². The van der Waals surface area contributed by atoms with Crippen molar-refractivity contribution in [2.45, 2.75) is 13.8 Å². The zero-order valence-corrected chi connectivity index (χ0v) is 15.1. The van der Waals surface area contributed by atoms with Crippen molar-refractivity contribution in [3.8, 4) is 5.75 Å². The normalized spacial score (nSPS) is 12.4. The molecule has 7 heteroatoms. The molecule has 0 radical (unpaired) electrons. The second-order valence-electron chi connectivity index (χ2n) is 5.97. The van der Waals surface area contributed by atoms with Crippen molar-refractivity contribution in [2.24, 2.45) is 0 Å². The highest BCUT2D eigenvalue weighted by Gasteiger charge is 2.04. The van der Waals surface area contributed by atoms with Crippen molar-refractivity contribution in [1.29, 1.82) is 0 Å². The first-order valence-electron chi connectivity index (χ1n) is 8.46. The Kier molecular flexibility index (Phi) is 5.21. The Morgan fingerprint density at radius 2 is 1.89 bits per heavy atom. The van der Waals surface area contributed by atoms with E-state index in [1.54, 1.807) is 12.1 Å². The molecule has 0 aliphatic carbocycles. The Bertz CT molecular complexity index is 1210. The first-order valence-corrected chi connectivity index (χ1v) is 8.46. The maximum atomic E-state index is 12.4. The summed E-state index contributed by atoms with van der Waals surface area (Å²) in [7, 11) is 0. The van der Waals surface area contributed by atoms with Crippen LogP contribution in [0.5, 0.6) is 5.75 Å². The van der Waals surface area contributed by atoms with Crippen LogP contribution in [-0.2, 0) is 0 Å². The zero-order chi connectivity index (χ0) is 19.4. The average molecular weight is 364 g/mol. The summed E-state index contributed by atoms with van der Waals surface area (Å²) in [4.78, 5) is 37.1. The molecule has 0 saturated heterocycles. The molecular weight excluding hydrogens is 344 g/mol. The molecule has 0 fully saturated rings. The Morgan fingerprint density at radius 1 is 1.19 bits per heavy atom. The van der Waals surface area contributed by atoms with E-state index in [4.69, 9.17) is 4.74 Å². The van der Waals surface area contributed by atoms with Gasteiger partial charge in [0.05, 0.1) is 24.3 Å². The van der Waals surface area contributed by atoms with Crippen molar-refractivity contribution in [2.75, 3.05) is 6.61 Å². The van der Waals surface area contributed by atoms with Crippen LogP contribution >= 0.6 is 0 Å². The Labute approximate surface area is 154 Å². The molecule has 7 nitrogen and oxygen atoms in total. The topological polar surface area (TPSA) is 104 Å². The number of hydrogen-bond acceptors (Lipinski definition) is 4. The van der Waals surface area contributed by atoms with Gasteiger partial charge in [0, 0.05) is 0 Å². The molecule has 2 heterocycles. The molecule has 27 heavy (non-hydrogen) atoms. The van der Waals surface area contributed by atoms with E-state index >= 15 is 0 Å². The Balaban J connectivity index is 2.08. The molecule has 0 amide bonds. The van der Waals surface area contributed by atoms with Gasteiger partial charge in [-0.15, -0.1) is 0 Å². The van der Waals surface area contributed by atoms with Gasteiger partial charge in [-0.1, -0.05) is 18.7 Å². The fourth-order valence-electron chi connectivity index (χ4n) is 2.62. The number of nitrogens with one attached hydrogen (secondary N) is 3. The van der Waals surface area contributed by atoms with Crippen LogP contribution in [0.4, 0.5) is 0 Å². The van der Waals surface area contributed by atoms with Crippen LogP contribution in [0.3, 0.4) is 0 Å². The maximum Gasteiger partial charge on any atom is 0.272 e. The minimum atomic E-state index is -0.419. The minimum Gasteiger partial charge on any atom is -0.494 e. The Morgan fingerprint density at radius 3 is 2.56 bits per heavy atom. The van der Waals surface area contributed by atoms with Crippen LogP contribution in [0.2, 0.25) is 0 Å². The van der Waals surface area contributed by atoms with E-state index in [1.807, 2.05) is 32.0 Å². The minimum absolute atomic E-state index is 0.120. The van der Waals surface area contributed by atoms with Crippen molar-refractivity contribution >= 4 is 17.7 Å². The van der Waals surface area contributed by atoms with Crippen molar-refractivity contribution in [3.63, 3.8) is 0 Å². The summed E-state index contributed by atoms with van der Waals surface area (Å²) in [5.74, 6) is 0.695. The number of hydrogen-bond donors (Lipinski definition) is 3. The number of aromatic nitrogens is 4. The summed E-state index contributed by atoms with van der Waals surface area (Å²) in [6.45, 7) is 8.12. The highest BCUT2D eigenvalue weighted by Crippen LogP contribution is 2.13. The van der Waals surface area contributed by atoms with Crippen molar-refractivity contribution < 1.29 is 4.74 Å². The number of aromatic amines is 3. The van der Waals surface area contributed by atoms with Gasteiger partial charge in [0.25, 0.3) is 11.1 Å². The van der Waals surface area contributed by atoms with Gasteiger partial charge < -0.3 is 19.7 Å². The van der Waals surface area contributed by atoms with Gasteiger partial charge in [0.2, 0.25) is 0 Å². The largest absolute Gasteiger partial charge is 0.494 e. The maximum absolute atomic E-state index is 12.4. The van der Waals surface area contributed by atoms with Crippen LogP contribution in [0.25, 0.3) is 17.7 Å². The fraction of sp³-hybridized carbons (Fsp3) is 0.150. The monoisotopic (exact) mass is 364 g/mol. The second kappa shape index (κ2) is 7.74. The molecule has 0 atom stereocenters. The number of ether oxygens (including phenoxy) is 1. The van der Waals surface area contributed by atoms with E-state index in [0.717, 1.165) is 11.1 Å². The third-order valence-corrected chi connectivity index (χ3v) is 3.84. The summed E-state index contributed by atoms with van der Waals surface area (Å²) in [6.07, 6.45) is 4.62. The van der Waals surface area contributed by atoms with E-state index < -0.39 is 11.1 Å². The average Bonchev–Trinajstić information content (AvgIpc) is 3.08. The number of H-pyrrole nitrogens is 3. The van der Waals surface area contributed by atoms with Crippen molar-refractivity contribution in [1.82, 2.24) is 19.9 Å². The number of rotatable bonds is 5. The van der Waals surface area contributed by atoms with E-state index in [-0.39, 0.29) is 10.7 Å². The number of nitrogens with zero attached hydrogens (tertiary/aromatic N) is 1.